The fourth-order valence-electron chi connectivity index (χ4n) is 6.80. The third-order valence-corrected chi connectivity index (χ3v) is 10.4. The van der Waals surface area contributed by atoms with Gasteiger partial charge in [-0.2, -0.15) is 0 Å². The van der Waals surface area contributed by atoms with Gasteiger partial charge < -0.3 is 15.3 Å². The van der Waals surface area contributed by atoms with Crippen molar-refractivity contribution in [1.29, 1.82) is 0 Å². The molecule has 69 heavy (non-hydrogen) atoms. The minimum Gasteiger partial charge on any atom is -0.508 e. The first-order chi connectivity index (χ1) is 25.5. The van der Waals surface area contributed by atoms with E-state index in [-0.39, 0.29) is 111 Å². The van der Waals surface area contributed by atoms with Crippen LogP contribution in [0.3, 0.4) is 0 Å². The third-order valence-electron chi connectivity index (χ3n) is 10.4. The van der Waals surface area contributed by atoms with E-state index in [1.165, 1.54) is 62.5 Å². The summed E-state index contributed by atoms with van der Waals surface area (Å²) in [7, 11) is 0. The molecular weight excluding hydrogens is 861 g/mol. The summed E-state index contributed by atoms with van der Waals surface area (Å²) in [5.74, 6) is 6.41. The Bertz CT molecular complexity index is 1160. The highest BCUT2D eigenvalue weighted by atomic mass is 17.1. The molecule has 4 rings (SSSR count). The minimum atomic E-state index is -0.696. The van der Waals surface area contributed by atoms with Gasteiger partial charge in [-0.15, -0.1) is 0 Å². The van der Waals surface area contributed by atoms with Crippen molar-refractivity contribution in [3.8, 4) is 11.5 Å². The molecule has 0 aliphatic heterocycles. The van der Waals surface area contributed by atoms with Gasteiger partial charge in [-0.1, -0.05) is 218 Å². The number of phenolic OH excluding ortho intramolecular Hbond substituents is 2. The number of hydrogen-bond donors (Lipinski definition) is 5. The zero-order chi connectivity index (χ0) is 41.1. The molecule has 2 fully saturated rings. The van der Waals surface area contributed by atoms with Crippen molar-refractivity contribution in [2.45, 2.75) is 258 Å². The van der Waals surface area contributed by atoms with Gasteiger partial charge in [0, 0.05) is 6.42 Å². The van der Waals surface area contributed by atoms with E-state index < -0.39 is 5.97 Å². The Morgan fingerprint density at radius 3 is 1.13 bits per heavy atom. The molecule has 2 saturated carbocycles. The van der Waals surface area contributed by atoms with E-state index in [1.54, 1.807) is 24.3 Å². The molecule has 2 aromatic rings. The van der Waals surface area contributed by atoms with Gasteiger partial charge in [-0.3, -0.25) is 15.3 Å². The largest absolute Gasteiger partial charge is 0.508 e. The highest BCUT2D eigenvalue weighted by Gasteiger charge is 2.27. The molecule has 8 heteroatoms. The molecule has 0 bridgehead atoms. The second-order valence-corrected chi connectivity index (χ2v) is 17.5. The molecule has 4 unspecified atom stereocenters. The van der Waals surface area contributed by atoms with Crippen molar-refractivity contribution >= 4 is 5.97 Å². The lowest BCUT2D eigenvalue weighted by atomic mass is 9.76. The Hall–Kier alpha value is -2.65. The predicted molar refractivity (Wildman–Crippen MR) is 324 cm³/mol. The van der Waals surface area contributed by atoms with E-state index in [1.807, 2.05) is 38.1 Å². The zero-order valence-electron chi connectivity index (χ0n) is 35.7. The number of hydrogen-bond acceptors (Lipinski definition) is 7. The Morgan fingerprint density at radius 2 is 0.841 bits per heavy atom. The highest BCUT2D eigenvalue weighted by Crippen LogP contribution is 2.35. The van der Waals surface area contributed by atoms with Crippen LogP contribution in [-0.4, -0.2) is 45.0 Å². The van der Waals surface area contributed by atoms with Crippen LogP contribution >= 0.6 is 0 Å². The van der Waals surface area contributed by atoms with Crippen molar-refractivity contribution in [2.75, 3.05) is 13.2 Å². The standard InChI is InChI=1S/C11H16O.C10H20O2.C10H14O.C9H18O2.C6H12O2.15CH4/c1-9(2)3-4-10-5-7-11(12)8-6-10;1-8(2)10-5-3-4-9(6-10)7-12-11;1-8(2)7-9-3-5-10(11)6-4-9;1-7(2)9-4-3-8(5-9)6-11-10;1-5(2)3-4-6(7)8;;;;;;;;;;;;;;;/h5-9,12H,3-4H2,1-2H3;8-11H,3-7H2,1-2H3;3-6,8,11H,7H2,1-2H3;7-10H,3-6H2,1-2H3;5H,3-4H2,1-2H3,(H,7,8);15*1H4. The number of aliphatic carboxylic acids is 1. The summed E-state index contributed by atoms with van der Waals surface area (Å²) in [5.41, 5.74) is 2.60. The van der Waals surface area contributed by atoms with Crippen LogP contribution in [0, 0.1) is 53.3 Å². The Kier molecular flexibility index (Phi) is 109. The van der Waals surface area contributed by atoms with E-state index in [0.717, 1.165) is 48.9 Å². The summed E-state index contributed by atoms with van der Waals surface area (Å²) < 4.78 is 0. The first-order valence-corrected chi connectivity index (χ1v) is 20.8. The van der Waals surface area contributed by atoms with Gasteiger partial charge in [0.2, 0.25) is 0 Å². The molecule has 0 radical (unpaired) electrons. The fraction of sp³-hybridized carbons (Fsp3) is 0.787. The Balaban J connectivity index is -0.0000000346. The van der Waals surface area contributed by atoms with Crippen LogP contribution in [-0.2, 0) is 27.4 Å². The molecule has 432 valence electrons. The van der Waals surface area contributed by atoms with E-state index in [9.17, 15) is 4.79 Å². The van der Waals surface area contributed by atoms with Crippen molar-refractivity contribution in [2.24, 2.45) is 53.3 Å². The molecule has 0 heterocycles. The summed E-state index contributed by atoms with van der Waals surface area (Å²) >= 11 is 0. The molecule has 2 aliphatic carbocycles. The molecule has 0 aromatic heterocycles. The second kappa shape index (κ2) is 67.4. The topological polar surface area (TPSA) is 137 Å². The van der Waals surface area contributed by atoms with Crippen molar-refractivity contribution in [3.63, 3.8) is 0 Å². The van der Waals surface area contributed by atoms with Gasteiger partial charge >= 0.3 is 5.97 Å². The molecule has 4 atom stereocenters. The number of carbonyl (C=O) groups is 1. The summed E-state index contributed by atoms with van der Waals surface area (Å²) in [6, 6.07) is 14.9. The first kappa shape index (κ1) is 112. The Morgan fingerprint density at radius 1 is 0.493 bits per heavy atom. The van der Waals surface area contributed by atoms with Gasteiger partial charge in [0.15, 0.2) is 0 Å². The summed E-state index contributed by atoms with van der Waals surface area (Å²) in [6.07, 6.45) is 13.4. The van der Waals surface area contributed by atoms with Gasteiger partial charge in [-0.05, 0) is 146 Å². The summed E-state index contributed by atoms with van der Waals surface area (Å²) in [4.78, 5) is 18.3. The normalized spacial score (nSPS) is 15.1. The summed E-state index contributed by atoms with van der Waals surface area (Å²) in [6.45, 7) is 23.0. The van der Waals surface area contributed by atoms with Crippen LogP contribution < -0.4 is 0 Å². The predicted octanol–water partition coefficient (Wildman–Crippen LogP) is 22.1. The van der Waals surface area contributed by atoms with E-state index in [2.05, 4.69) is 65.2 Å². The Labute approximate surface area is 440 Å². The highest BCUT2D eigenvalue weighted by molar-refractivity contribution is 5.66. The number of carboxylic acid groups (broad SMARTS) is 1. The number of carboxylic acids is 1. The first-order valence-electron chi connectivity index (χ1n) is 20.8. The molecule has 8 nitrogen and oxygen atoms in total. The smallest absolute Gasteiger partial charge is 0.303 e. The number of phenols is 2. The van der Waals surface area contributed by atoms with Gasteiger partial charge in [0.1, 0.15) is 11.5 Å². The minimum absolute atomic E-state index is 0. The van der Waals surface area contributed by atoms with Gasteiger partial charge in [0.25, 0.3) is 0 Å². The second-order valence-electron chi connectivity index (χ2n) is 17.5. The quantitative estimate of drug-likeness (QED) is 0.0932. The van der Waals surface area contributed by atoms with Crippen LogP contribution in [0.5, 0.6) is 11.5 Å². The molecule has 2 aromatic carbocycles. The zero-order valence-corrected chi connectivity index (χ0v) is 35.7. The maximum absolute atomic E-state index is 9.90. The number of benzene rings is 2. The van der Waals surface area contributed by atoms with Crippen molar-refractivity contribution in [1.82, 2.24) is 0 Å². The van der Waals surface area contributed by atoms with Crippen LogP contribution in [0.4, 0.5) is 0 Å². The average molecular weight is 1000 g/mol. The molecule has 0 spiro atoms. The van der Waals surface area contributed by atoms with E-state index in [0.29, 0.717) is 54.8 Å². The number of aromatic hydroxyl groups is 2. The van der Waals surface area contributed by atoms with Crippen LogP contribution in [0.1, 0.15) is 256 Å². The maximum atomic E-state index is 9.90. The number of aryl methyl sites for hydroxylation is 1. The molecule has 0 saturated heterocycles. The van der Waals surface area contributed by atoms with Crippen molar-refractivity contribution < 1.29 is 40.4 Å². The lowest BCUT2D eigenvalue weighted by Gasteiger charge is -2.30. The van der Waals surface area contributed by atoms with Crippen LogP contribution in [0.2, 0.25) is 0 Å². The lowest BCUT2D eigenvalue weighted by Crippen LogP contribution is -2.22. The molecule has 0 amide bonds. The van der Waals surface area contributed by atoms with Crippen LogP contribution in [0.15, 0.2) is 48.5 Å². The monoisotopic (exact) mass is 1000 g/mol. The van der Waals surface area contributed by atoms with Crippen LogP contribution in [0.25, 0.3) is 0 Å². The molecular formula is C61H140O8. The van der Waals surface area contributed by atoms with Gasteiger partial charge in [-0.25, -0.2) is 9.78 Å². The fourth-order valence-corrected chi connectivity index (χ4v) is 6.80. The van der Waals surface area contributed by atoms with E-state index >= 15 is 0 Å². The number of rotatable bonds is 14. The molecule has 5 N–H and O–H groups in total. The summed E-state index contributed by atoms with van der Waals surface area (Å²) in [5, 5.41) is 42.8. The molecule has 2 aliphatic rings. The van der Waals surface area contributed by atoms with Crippen molar-refractivity contribution in [3.05, 3.63) is 59.7 Å². The maximum Gasteiger partial charge on any atom is 0.303 e. The lowest BCUT2D eigenvalue weighted by molar-refractivity contribution is -0.253. The van der Waals surface area contributed by atoms with Gasteiger partial charge in [0.05, 0.1) is 13.2 Å². The average Bonchev–Trinajstić information content (AvgIpc) is 3.59. The van der Waals surface area contributed by atoms with E-state index in [4.69, 9.17) is 25.8 Å². The third kappa shape index (κ3) is 63.3. The SMILES string of the molecule is C.C.C.C.C.C.C.C.C.C.C.C.C.C.C.CC(C)C1CCC(COO)C1.CC(C)C1CCCC(COO)C1.CC(C)CCC(=O)O.CC(C)CCc1ccc(O)cc1.CC(C)Cc1ccc(O)cc1.